The standard InChI is InChI=1S/C13H11N5/c14-11-6-4-5-10(9-11)13-15-16-17-18(13)12-7-2-1-3-8-12/h1-9H,14H2. The van der Waals surface area contributed by atoms with Crippen molar-refractivity contribution >= 4 is 5.69 Å². The third-order valence-corrected chi connectivity index (χ3v) is 2.62. The molecule has 0 saturated heterocycles. The Kier molecular flexibility index (Phi) is 2.49. The van der Waals surface area contributed by atoms with Crippen molar-refractivity contribution in [3.8, 4) is 17.1 Å². The fourth-order valence-corrected chi connectivity index (χ4v) is 1.79. The molecule has 1 aromatic heterocycles. The Morgan fingerprint density at radius 2 is 1.78 bits per heavy atom. The van der Waals surface area contributed by atoms with Gasteiger partial charge in [-0.1, -0.05) is 30.3 Å². The first kappa shape index (κ1) is 10.5. The molecule has 2 N–H and O–H groups in total. The van der Waals surface area contributed by atoms with Crippen LogP contribution in [0.15, 0.2) is 54.6 Å². The molecule has 0 radical (unpaired) electrons. The number of aromatic nitrogens is 4. The van der Waals surface area contributed by atoms with Gasteiger partial charge in [-0.2, -0.15) is 4.68 Å². The lowest BCUT2D eigenvalue weighted by atomic mass is 10.2. The second-order valence-electron chi connectivity index (χ2n) is 3.88. The number of nitrogen functional groups attached to an aromatic ring is 1. The van der Waals surface area contributed by atoms with Crippen LogP contribution < -0.4 is 5.73 Å². The van der Waals surface area contributed by atoms with E-state index in [9.17, 15) is 0 Å². The van der Waals surface area contributed by atoms with E-state index in [1.54, 1.807) is 4.68 Å². The molecule has 18 heavy (non-hydrogen) atoms. The molecular weight excluding hydrogens is 226 g/mol. The normalized spacial score (nSPS) is 10.4. The van der Waals surface area contributed by atoms with Gasteiger partial charge in [0.05, 0.1) is 5.69 Å². The zero-order chi connectivity index (χ0) is 12.4. The monoisotopic (exact) mass is 237 g/mol. The number of hydrogen-bond donors (Lipinski definition) is 1. The molecule has 0 spiro atoms. The van der Waals surface area contributed by atoms with Gasteiger partial charge in [-0.15, -0.1) is 5.10 Å². The molecule has 0 amide bonds. The van der Waals surface area contributed by atoms with Crippen molar-refractivity contribution in [2.24, 2.45) is 0 Å². The van der Waals surface area contributed by atoms with Gasteiger partial charge in [-0.25, -0.2) is 0 Å². The minimum atomic E-state index is 0.675. The second-order valence-corrected chi connectivity index (χ2v) is 3.88. The maximum absolute atomic E-state index is 5.78. The van der Waals surface area contributed by atoms with Gasteiger partial charge in [0, 0.05) is 11.3 Å². The molecule has 2 aromatic carbocycles. The molecule has 1 heterocycles. The molecule has 0 atom stereocenters. The number of hydrogen-bond acceptors (Lipinski definition) is 4. The van der Waals surface area contributed by atoms with Gasteiger partial charge in [0.15, 0.2) is 5.82 Å². The van der Waals surface area contributed by atoms with Crippen LogP contribution in [0.5, 0.6) is 0 Å². The van der Waals surface area contributed by atoms with Crippen molar-refractivity contribution in [3.05, 3.63) is 54.6 Å². The second kappa shape index (κ2) is 4.29. The number of nitrogens with two attached hydrogens (primary N) is 1. The maximum atomic E-state index is 5.78. The van der Waals surface area contributed by atoms with E-state index in [2.05, 4.69) is 15.5 Å². The lowest BCUT2D eigenvalue weighted by molar-refractivity contribution is 0.791. The number of para-hydroxylation sites is 1. The number of benzene rings is 2. The fraction of sp³-hybridized carbons (Fsp3) is 0. The number of anilines is 1. The topological polar surface area (TPSA) is 69.6 Å². The third kappa shape index (κ3) is 1.82. The van der Waals surface area contributed by atoms with Gasteiger partial charge in [0.25, 0.3) is 0 Å². The summed E-state index contributed by atoms with van der Waals surface area (Å²) in [5.74, 6) is 0.675. The van der Waals surface area contributed by atoms with Gasteiger partial charge in [-0.05, 0) is 34.7 Å². The molecule has 0 aliphatic heterocycles. The first-order valence-electron chi connectivity index (χ1n) is 5.54. The van der Waals surface area contributed by atoms with Crippen molar-refractivity contribution in [1.82, 2.24) is 20.2 Å². The van der Waals surface area contributed by atoms with E-state index in [1.807, 2.05) is 54.6 Å². The predicted molar refractivity (Wildman–Crippen MR) is 69.0 cm³/mol. The van der Waals surface area contributed by atoms with E-state index in [-0.39, 0.29) is 0 Å². The summed E-state index contributed by atoms with van der Waals surface area (Å²) < 4.78 is 1.69. The number of rotatable bonds is 2. The summed E-state index contributed by atoms with van der Waals surface area (Å²) >= 11 is 0. The average molecular weight is 237 g/mol. The van der Waals surface area contributed by atoms with Crippen molar-refractivity contribution in [2.45, 2.75) is 0 Å². The minimum Gasteiger partial charge on any atom is -0.399 e. The molecule has 0 fully saturated rings. The minimum absolute atomic E-state index is 0.675. The van der Waals surface area contributed by atoms with Gasteiger partial charge < -0.3 is 5.73 Å². The highest BCUT2D eigenvalue weighted by Gasteiger charge is 2.10. The smallest absolute Gasteiger partial charge is 0.187 e. The van der Waals surface area contributed by atoms with Crippen molar-refractivity contribution in [3.63, 3.8) is 0 Å². The SMILES string of the molecule is Nc1cccc(-c2nnnn2-c2ccccc2)c1. The van der Waals surface area contributed by atoms with Gasteiger partial charge in [0.2, 0.25) is 0 Å². The summed E-state index contributed by atoms with van der Waals surface area (Å²) in [6, 6.07) is 17.2. The lowest BCUT2D eigenvalue weighted by Crippen LogP contribution is -1.99. The van der Waals surface area contributed by atoms with Crippen LogP contribution >= 0.6 is 0 Å². The van der Waals surface area contributed by atoms with Crippen molar-refractivity contribution in [1.29, 1.82) is 0 Å². The van der Waals surface area contributed by atoms with E-state index < -0.39 is 0 Å². The summed E-state index contributed by atoms with van der Waals surface area (Å²) in [5.41, 5.74) is 8.27. The van der Waals surface area contributed by atoms with E-state index in [0.29, 0.717) is 11.5 Å². The Hall–Kier alpha value is -2.69. The number of nitrogens with zero attached hydrogens (tertiary/aromatic N) is 4. The molecule has 0 unspecified atom stereocenters. The first-order valence-corrected chi connectivity index (χ1v) is 5.54. The van der Waals surface area contributed by atoms with E-state index in [1.165, 1.54) is 0 Å². The van der Waals surface area contributed by atoms with E-state index in [0.717, 1.165) is 11.3 Å². The summed E-state index contributed by atoms with van der Waals surface area (Å²) in [7, 11) is 0. The average Bonchev–Trinajstić information content (AvgIpc) is 2.89. The van der Waals surface area contributed by atoms with E-state index in [4.69, 9.17) is 5.73 Å². The van der Waals surface area contributed by atoms with Crippen LogP contribution in [0.4, 0.5) is 5.69 Å². The summed E-state index contributed by atoms with van der Waals surface area (Å²) in [6.07, 6.45) is 0. The fourth-order valence-electron chi connectivity index (χ4n) is 1.79. The third-order valence-electron chi connectivity index (χ3n) is 2.62. The van der Waals surface area contributed by atoms with E-state index >= 15 is 0 Å². The number of tetrazole rings is 1. The molecule has 5 heteroatoms. The molecule has 0 bridgehead atoms. The highest BCUT2D eigenvalue weighted by Crippen LogP contribution is 2.20. The molecule has 0 aliphatic carbocycles. The molecule has 3 aromatic rings. The highest BCUT2D eigenvalue weighted by atomic mass is 15.5. The van der Waals surface area contributed by atoms with Gasteiger partial charge >= 0.3 is 0 Å². The first-order chi connectivity index (χ1) is 8.84. The maximum Gasteiger partial charge on any atom is 0.187 e. The van der Waals surface area contributed by atoms with Crippen LogP contribution in [-0.2, 0) is 0 Å². The molecule has 3 rings (SSSR count). The summed E-state index contributed by atoms with van der Waals surface area (Å²) in [5, 5.41) is 11.8. The largest absolute Gasteiger partial charge is 0.399 e. The molecule has 0 saturated carbocycles. The highest BCUT2D eigenvalue weighted by molar-refractivity contribution is 5.62. The zero-order valence-electron chi connectivity index (χ0n) is 9.56. The van der Waals surface area contributed by atoms with Crippen LogP contribution in [0.25, 0.3) is 17.1 Å². The van der Waals surface area contributed by atoms with Crippen LogP contribution in [0.1, 0.15) is 0 Å². The predicted octanol–water partition coefficient (Wildman–Crippen LogP) is 1.91. The summed E-state index contributed by atoms with van der Waals surface area (Å²) in [6.45, 7) is 0. The molecular formula is C13H11N5. The van der Waals surface area contributed by atoms with Crippen molar-refractivity contribution in [2.75, 3.05) is 5.73 Å². The Morgan fingerprint density at radius 3 is 2.56 bits per heavy atom. The Bertz CT molecular complexity index is 660. The van der Waals surface area contributed by atoms with Crippen LogP contribution in [0.2, 0.25) is 0 Å². The molecule has 5 nitrogen and oxygen atoms in total. The Labute approximate surface area is 104 Å². The van der Waals surface area contributed by atoms with Gasteiger partial charge in [-0.3, -0.25) is 0 Å². The Balaban J connectivity index is 2.13. The Morgan fingerprint density at radius 1 is 0.944 bits per heavy atom. The van der Waals surface area contributed by atoms with Gasteiger partial charge in [0.1, 0.15) is 0 Å². The zero-order valence-corrected chi connectivity index (χ0v) is 9.56. The molecule has 0 aliphatic rings. The lowest BCUT2D eigenvalue weighted by Gasteiger charge is -2.04. The quantitative estimate of drug-likeness (QED) is 0.691. The van der Waals surface area contributed by atoms with Crippen LogP contribution in [-0.4, -0.2) is 20.2 Å². The summed E-state index contributed by atoms with van der Waals surface area (Å²) in [4.78, 5) is 0. The van der Waals surface area contributed by atoms with Crippen LogP contribution in [0.3, 0.4) is 0 Å². The van der Waals surface area contributed by atoms with Crippen LogP contribution in [0, 0.1) is 0 Å². The van der Waals surface area contributed by atoms with Crippen molar-refractivity contribution < 1.29 is 0 Å². The molecule has 88 valence electrons.